The SMILES string of the molecule is C=C(C)C(=O)O.C=C(C)C(=O)OC.CO. The molecule has 5 nitrogen and oxygen atoms in total. The van der Waals surface area contributed by atoms with E-state index < -0.39 is 5.97 Å². The number of ether oxygens (including phenoxy) is 1. The lowest BCUT2D eigenvalue weighted by Gasteiger charge is -1.91. The highest BCUT2D eigenvalue weighted by atomic mass is 16.5. The Labute approximate surface area is 89.7 Å². The lowest BCUT2D eigenvalue weighted by atomic mass is 10.4. The molecule has 0 heterocycles. The number of aliphatic carboxylic acids is 1. The lowest BCUT2D eigenvalue weighted by Crippen LogP contribution is -1.98. The van der Waals surface area contributed by atoms with E-state index in [1.807, 2.05) is 0 Å². The van der Waals surface area contributed by atoms with Crippen molar-refractivity contribution in [3.05, 3.63) is 24.3 Å². The fourth-order valence-electron chi connectivity index (χ4n) is 0.174. The second-order valence-electron chi connectivity index (χ2n) is 2.36. The van der Waals surface area contributed by atoms with Crippen molar-refractivity contribution < 1.29 is 24.5 Å². The number of carboxylic acid groups (broad SMARTS) is 1. The summed E-state index contributed by atoms with van der Waals surface area (Å²) in [6.07, 6.45) is 0. The van der Waals surface area contributed by atoms with E-state index in [4.69, 9.17) is 10.2 Å². The van der Waals surface area contributed by atoms with Gasteiger partial charge in [-0.2, -0.15) is 0 Å². The van der Waals surface area contributed by atoms with Crippen molar-refractivity contribution in [1.29, 1.82) is 0 Å². The third-order valence-corrected chi connectivity index (χ3v) is 0.899. The van der Waals surface area contributed by atoms with Crippen LogP contribution in [0.3, 0.4) is 0 Å². The first-order valence-electron chi connectivity index (χ1n) is 3.90. The number of hydrogen-bond donors (Lipinski definition) is 2. The third-order valence-electron chi connectivity index (χ3n) is 0.899. The van der Waals surface area contributed by atoms with E-state index in [9.17, 15) is 9.59 Å². The molecule has 0 unspecified atom stereocenters. The molecule has 0 aliphatic rings. The lowest BCUT2D eigenvalue weighted by molar-refractivity contribution is -0.136. The van der Waals surface area contributed by atoms with Gasteiger partial charge in [-0.3, -0.25) is 0 Å². The van der Waals surface area contributed by atoms with Gasteiger partial charge in [0.1, 0.15) is 0 Å². The molecule has 0 saturated heterocycles. The highest BCUT2D eigenvalue weighted by Crippen LogP contribution is 1.87. The molecule has 2 N–H and O–H groups in total. The Morgan fingerprint density at radius 3 is 1.33 bits per heavy atom. The van der Waals surface area contributed by atoms with Crippen LogP contribution in [-0.4, -0.2) is 36.4 Å². The summed E-state index contributed by atoms with van der Waals surface area (Å²) in [5.74, 6) is -1.28. The smallest absolute Gasteiger partial charge is 0.332 e. The molecular formula is C10H18O5. The number of carboxylic acids is 1. The Hall–Kier alpha value is -1.62. The van der Waals surface area contributed by atoms with Gasteiger partial charge < -0.3 is 14.9 Å². The van der Waals surface area contributed by atoms with E-state index in [1.54, 1.807) is 6.92 Å². The zero-order valence-corrected chi connectivity index (χ0v) is 9.53. The van der Waals surface area contributed by atoms with Crippen molar-refractivity contribution >= 4 is 11.9 Å². The van der Waals surface area contributed by atoms with E-state index in [-0.39, 0.29) is 11.5 Å². The molecule has 0 aliphatic carbocycles. The van der Waals surface area contributed by atoms with Crippen molar-refractivity contribution in [3.63, 3.8) is 0 Å². The first kappa shape index (κ1) is 19.0. The topological polar surface area (TPSA) is 83.8 Å². The number of rotatable bonds is 2. The van der Waals surface area contributed by atoms with Crippen LogP contribution in [0.4, 0.5) is 0 Å². The summed E-state index contributed by atoms with van der Waals surface area (Å²) >= 11 is 0. The van der Waals surface area contributed by atoms with Crippen LogP contribution >= 0.6 is 0 Å². The van der Waals surface area contributed by atoms with Crippen molar-refractivity contribution in [3.8, 4) is 0 Å². The normalized spacial score (nSPS) is 7.00. The molecular weight excluding hydrogens is 200 g/mol. The number of aliphatic hydroxyl groups excluding tert-OH is 1. The molecule has 0 radical (unpaired) electrons. The van der Waals surface area contributed by atoms with Gasteiger partial charge in [0.15, 0.2) is 0 Å². The fourth-order valence-corrected chi connectivity index (χ4v) is 0.174. The Morgan fingerprint density at radius 1 is 1.07 bits per heavy atom. The van der Waals surface area contributed by atoms with Gasteiger partial charge >= 0.3 is 11.9 Å². The van der Waals surface area contributed by atoms with E-state index in [0.717, 1.165) is 7.11 Å². The maximum atomic E-state index is 10.2. The Kier molecular flexibility index (Phi) is 15.7. The maximum absolute atomic E-state index is 10.2. The quantitative estimate of drug-likeness (QED) is 0.533. The molecule has 0 saturated carbocycles. The number of esters is 1. The Bertz CT molecular complexity index is 218. The van der Waals surface area contributed by atoms with Crippen LogP contribution in [-0.2, 0) is 14.3 Å². The van der Waals surface area contributed by atoms with Crippen molar-refractivity contribution in [2.75, 3.05) is 14.2 Å². The second-order valence-corrected chi connectivity index (χ2v) is 2.36. The second kappa shape index (κ2) is 12.4. The number of hydrogen-bond acceptors (Lipinski definition) is 4. The van der Waals surface area contributed by atoms with Gasteiger partial charge in [-0.25, -0.2) is 9.59 Å². The standard InChI is InChI=1S/C5H8O2.C4H6O2.CH4O/c1-4(2)5(6)7-3;1-3(2)4(5)6;1-2/h1H2,2-3H3;1H2,2H3,(H,5,6);2H,1H3. The average Bonchev–Trinajstić information content (AvgIpc) is 2.20. The van der Waals surface area contributed by atoms with Gasteiger partial charge in [0.2, 0.25) is 0 Å². The van der Waals surface area contributed by atoms with Crippen molar-refractivity contribution in [2.24, 2.45) is 0 Å². The molecule has 88 valence electrons. The summed E-state index contributed by atoms with van der Waals surface area (Å²) in [6.45, 7) is 9.56. The van der Waals surface area contributed by atoms with Gasteiger partial charge in [-0.1, -0.05) is 13.2 Å². The van der Waals surface area contributed by atoms with E-state index in [2.05, 4.69) is 17.9 Å². The molecule has 0 rings (SSSR count). The molecule has 0 bridgehead atoms. The summed E-state index contributed by atoms with van der Waals surface area (Å²) in [5, 5.41) is 14.9. The van der Waals surface area contributed by atoms with Gasteiger partial charge in [-0.15, -0.1) is 0 Å². The number of carbonyl (C=O) groups excluding carboxylic acids is 1. The van der Waals surface area contributed by atoms with Crippen LogP contribution in [0.25, 0.3) is 0 Å². The fraction of sp³-hybridized carbons (Fsp3) is 0.400. The molecule has 15 heavy (non-hydrogen) atoms. The van der Waals surface area contributed by atoms with Crippen LogP contribution in [0.5, 0.6) is 0 Å². The van der Waals surface area contributed by atoms with Crippen LogP contribution in [0.2, 0.25) is 0 Å². The van der Waals surface area contributed by atoms with Gasteiger partial charge in [-0.05, 0) is 13.8 Å². The van der Waals surface area contributed by atoms with Gasteiger partial charge in [0.25, 0.3) is 0 Å². The molecule has 0 aliphatic heterocycles. The molecule has 0 spiro atoms. The zero-order chi connectivity index (χ0) is 13.0. The Morgan fingerprint density at radius 2 is 1.33 bits per heavy atom. The number of aliphatic hydroxyl groups is 1. The summed E-state index contributed by atoms with van der Waals surface area (Å²) < 4.78 is 4.27. The van der Waals surface area contributed by atoms with E-state index >= 15 is 0 Å². The Balaban J connectivity index is -0.000000166. The average molecular weight is 218 g/mol. The van der Waals surface area contributed by atoms with Crippen LogP contribution in [0, 0.1) is 0 Å². The van der Waals surface area contributed by atoms with Crippen molar-refractivity contribution in [1.82, 2.24) is 0 Å². The molecule has 0 atom stereocenters. The molecule has 0 aromatic rings. The van der Waals surface area contributed by atoms with Gasteiger partial charge in [0.05, 0.1) is 7.11 Å². The molecule has 0 amide bonds. The minimum absolute atomic E-state index is 0.176. The van der Waals surface area contributed by atoms with E-state index in [0.29, 0.717) is 5.57 Å². The highest BCUT2D eigenvalue weighted by molar-refractivity contribution is 5.86. The van der Waals surface area contributed by atoms with E-state index in [1.165, 1.54) is 14.0 Å². The molecule has 0 fully saturated rings. The molecule has 0 aromatic carbocycles. The number of carbonyl (C=O) groups is 2. The molecule has 0 aromatic heterocycles. The van der Waals surface area contributed by atoms with Gasteiger partial charge in [0, 0.05) is 18.3 Å². The van der Waals surface area contributed by atoms with Crippen LogP contribution in [0.1, 0.15) is 13.8 Å². The maximum Gasteiger partial charge on any atom is 0.332 e. The summed E-state index contributed by atoms with van der Waals surface area (Å²) in [6, 6.07) is 0. The number of methoxy groups -OCH3 is 1. The zero-order valence-electron chi connectivity index (χ0n) is 9.53. The largest absolute Gasteiger partial charge is 0.478 e. The monoisotopic (exact) mass is 218 g/mol. The predicted molar refractivity (Wildman–Crippen MR) is 57.4 cm³/mol. The summed E-state index contributed by atoms with van der Waals surface area (Å²) in [7, 11) is 2.33. The minimum atomic E-state index is -0.935. The minimum Gasteiger partial charge on any atom is -0.478 e. The first-order chi connectivity index (χ1) is 6.82. The first-order valence-corrected chi connectivity index (χ1v) is 3.90. The third kappa shape index (κ3) is 19.0. The van der Waals surface area contributed by atoms with Crippen LogP contribution < -0.4 is 0 Å². The summed E-state index contributed by atoms with van der Waals surface area (Å²) in [5.41, 5.74) is 0.609. The molecule has 5 heteroatoms. The summed E-state index contributed by atoms with van der Waals surface area (Å²) in [4.78, 5) is 19.8. The van der Waals surface area contributed by atoms with Crippen molar-refractivity contribution in [2.45, 2.75) is 13.8 Å². The predicted octanol–water partition coefficient (Wildman–Crippen LogP) is 0.991. The van der Waals surface area contributed by atoms with Crippen LogP contribution in [0.15, 0.2) is 24.3 Å². The highest BCUT2D eigenvalue weighted by Gasteiger charge is 1.95.